The lowest BCUT2D eigenvalue weighted by atomic mass is 10.3. The average molecular weight is 304 g/mol. The monoisotopic (exact) mass is 304 g/mol. The Balaban J connectivity index is 2.02. The number of pyridine rings is 1. The van der Waals surface area contributed by atoms with E-state index >= 15 is 0 Å². The highest BCUT2D eigenvalue weighted by Crippen LogP contribution is 2.26. The van der Waals surface area contributed by atoms with Gasteiger partial charge in [0.15, 0.2) is 5.13 Å². The number of nitrogens with one attached hydrogen (secondary N) is 1. The number of aromatic nitrogens is 2. The number of aryl methyl sites for hydroxylation is 2. The van der Waals surface area contributed by atoms with Crippen LogP contribution >= 0.6 is 11.3 Å². The fourth-order valence-electron chi connectivity index (χ4n) is 2.12. The van der Waals surface area contributed by atoms with E-state index in [4.69, 9.17) is 0 Å². The van der Waals surface area contributed by atoms with Gasteiger partial charge in [0, 0.05) is 24.2 Å². The number of nitrogens with zero attached hydrogens (tertiary/aromatic N) is 3. The maximum Gasteiger partial charge on any atom is 0.185 e. The minimum Gasteiger partial charge on any atom is -0.345 e. The molecule has 0 bridgehead atoms. The molecule has 0 fully saturated rings. The van der Waals surface area contributed by atoms with E-state index in [1.54, 1.807) is 11.3 Å². The molecular weight excluding hydrogens is 280 g/mol. The molecule has 0 amide bonds. The standard InChI is InChI=1S/C16H24N4S/c1-5-9-17-10-15-13(3)19-16(21-15)20(4)11-14-8-6-7-12(2)18-14/h6-8,17H,5,9-11H2,1-4H3. The van der Waals surface area contributed by atoms with Crippen LogP contribution in [-0.4, -0.2) is 23.6 Å². The number of rotatable bonds is 7. The molecule has 0 aliphatic rings. The average Bonchev–Trinajstić information content (AvgIpc) is 2.81. The van der Waals surface area contributed by atoms with Crippen molar-refractivity contribution in [1.29, 1.82) is 0 Å². The number of hydrogen-bond donors (Lipinski definition) is 1. The summed E-state index contributed by atoms with van der Waals surface area (Å²) in [6, 6.07) is 6.14. The van der Waals surface area contributed by atoms with Crippen LogP contribution in [0.4, 0.5) is 5.13 Å². The molecule has 2 heterocycles. The van der Waals surface area contributed by atoms with Gasteiger partial charge in [-0.2, -0.15) is 0 Å². The first kappa shape index (κ1) is 15.9. The van der Waals surface area contributed by atoms with E-state index < -0.39 is 0 Å². The normalized spacial score (nSPS) is 10.9. The van der Waals surface area contributed by atoms with Crippen LogP contribution in [0.25, 0.3) is 0 Å². The Morgan fingerprint density at radius 3 is 2.76 bits per heavy atom. The lowest BCUT2D eigenvalue weighted by Gasteiger charge is -2.15. The van der Waals surface area contributed by atoms with Crippen molar-refractivity contribution in [3.63, 3.8) is 0 Å². The van der Waals surface area contributed by atoms with Crippen molar-refractivity contribution in [3.05, 3.63) is 40.2 Å². The van der Waals surface area contributed by atoms with E-state index in [1.807, 2.05) is 13.0 Å². The molecule has 1 N–H and O–H groups in total. The summed E-state index contributed by atoms with van der Waals surface area (Å²) in [6.45, 7) is 9.04. The molecule has 2 aromatic heterocycles. The molecule has 0 unspecified atom stereocenters. The second-order valence-electron chi connectivity index (χ2n) is 5.31. The van der Waals surface area contributed by atoms with E-state index in [1.165, 1.54) is 4.88 Å². The van der Waals surface area contributed by atoms with Gasteiger partial charge in [-0.05, 0) is 38.9 Å². The maximum absolute atomic E-state index is 4.68. The van der Waals surface area contributed by atoms with E-state index in [0.717, 1.165) is 48.3 Å². The fourth-order valence-corrected chi connectivity index (χ4v) is 3.11. The van der Waals surface area contributed by atoms with E-state index in [9.17, 15) is 0 Å². The molecule has 0 saturated heterocycles. The zero-order valence-electron chi connectivity index (χ0n) is 13.3. The van der Waals surface area contributed by atoms with Crippen molar-refractivity contribution < 1.29 is 0 Å². The second kappa shape index (κ2) is 7.52. The Kier molecular flexibility index (Phi) is 5.70. The van der Waals surface area contributed by atoms with Crippen LogP contribution in [0.3, 0.4) is 0 Å². The molecule has 0 spiro atoms. The van der Waals surface area contributed by atoms with E-state index in [2.05, 4.69) is 53.2 Å². The van der Waals surface area contributed by atoms with Gasteiger partial charge in [-0.15, -0.1) is 11.3 Å². The molecule has 0 atom stereocenters. The Hall–Kier alpha value is -1.46. The van der Waals surface area contributed by atoms with Crippen LogP contribution in [0.15, 0.2) is 18.2 Å². The molecule has 114 valence electrons. The van der Waals surface area contributed by atoms with Gasteiger partial charge >= 0.3 is 0 Å². The fraction of sp³-hybridized carbons (Fsp3) is 0.500. The molecule has 5 heteroatoms. The summed E-state index contributed by atoms with van der Waals surface area (Å²) in [6.07, 6.45) is 1.16. The SMILES string of the molecule is CCCNCc1sc(N(C)Cc2cccc(C)n2)nc1C. The van der Waals surface area contributed by atoms with E-state index in [0.29, 0.717) is 0 Å². The first-order valence-corrected chi connectivity index (χ1v) is 8.22. The van der Waals surface area contributed by atoms with Gasteiger partial charge in [0.25, 0.3) is 0 Å². The zero-order valence-corrected chi connectivity index (χ0v) is 14.1. The van der Waals surface area contributed by atoms with Gasteiger partial charge in [-0.1, -0.05) is 13.0 Å². The topological polar surface area (TPSA) is 41.0 Å². The lowest BCUT2D eigenvalue weighted by molar-refractivity contribution is 0.678. The van der Waals surface area contributed by atoms with Crippen LogP contribution in [-0.2, 0) is 13.1 Å². The van der Waals surface area contributed by atoms with Gasteiger partial charge < -0.3 is 10.2 Å². The summed E-state index contributed by atoms with van der Waals surface area (Å²) < 4.78 is 0. The highest BCUT2D eigenvalue weighted by atomic mass is 32.1. The van der Waals surface area contributed by atoms with Gasteiger partial charge in [0.2, 0.25) is 0 Å². The van der Waals surface area contributed by atoms with Crippen LogP contribution in [0.2, 0.25) is 0 Å². The third-order valence-corrected chi connectivity index (χ3v) is 4.54. The molecule has 0 aliphatic heterocycles. The van der Waals surface area contributed by atoms with E-state index in [-0.39, 0.29) is 0 Å². The predicted octanol–water partition coefficient (Wildman–Crippen LogP) is 3.29. The van der Waals surface area contributed by atoms with Crippen molar-refractivity contribution in [1.82, 2.24) is 15.3 Å². The third kappa shape index (κ3) is 4.51. The van der Waals surface area contributed by atoms with Gasteiger partial charge in [0.05, 0.1) is 17.9 Å². The highest BCUT2D eigenvalue weighted by molar-refractivity contribution is 7.15. The molecule has 0 aliphatic carbocycles. The molecule has 21 heavy (non-hydrogen) atoms. The second-order valence-corrected chi connectivity index (χ2v) is 6.37. The highest BCUT2D eigenvalue weighted by Gasteiger charge is 2.11. The number of thiazole rings is 1. The van der Waals surface area contributed by atoms with Crippen LogP contribution in [0.1, 0.15) is 35.3 Å². The van der Waals surface area contributed by atoms with Crippen LogP contribution < -0.4 is 10.2 Å². The Morgan fingerprint density at radius 1 is 1.24 bits per heavy atom. The van der Waals surface area contributed by atoms with Crippen LogP contribution in [0.5, 0.6) is 0 Å². The van der Waals surface area contributed by atoms with Gasteiger partial charge in [-0.25, -0.2) is 4.98 Å². The maximum atomic E-state index is 4.68. The summed E-state index contributed by atoms with van der Waals surface area (Å²) in [5.41, 5.74) is 3.26. The minimum absolute atomic E-state index is 0.788. The first-order valence-electron chi connectivity index (χ1n) is 7.41. The minimum atomic E-state index is 0.788. The summed E-state index contributed by atoms with van der Waals surface area (Å²) in [7, 11) is 2.07. The largest absolute Gasteiger partial charge is 0.345 e. The lowest BCUT2D eigenvalue weighted by Crippen LogP contribution is -2.17. The number of anilines is 1. The van der Waals surface area contributed by atoms with Gasteiger partial charge in [0.1, 0.15) is 0 Å². The first-order chi connectivity index (χ1) is 10.1. The summed E-state index contributed by atoms with van der Waals surface area (Å²) in [5, 5.41) is 4.50. The molecule has 0 radical (unpaired) electrons. The summed E-state index contributed by atoms with van der Waals surface area (Å²) in [5.74, 6) is 0. The van der Waals surface area contributed by atoms with Crippen molar-refractivity contribution in [2.45, 2.75) is 40.3 Å². The Labute approximate surface area is 131 Å². The Morgan fingerprint density at radius 2 is 2.05 bits per heavy atom. The summed E-state index contributed by atoms with van der Waals surface area (Å²) >= 11 is 1.77. The van der Waals surface area contributed by atoms with Gasteiger partial charge in [-0.3, -0.25) is 4.98 Å². The van der Waals surface area contributed by atoms with Crippen LogP contribution in [0, 0.1) is 13.8 Å². The third-order valence-electron chi connectivity index (χ3n) is 3.27. The molecule has 2 rings (SSSR count). The molecule has 0 aromatic carbocycles. The summed E-state index contributed by atoms with van der Waals surface area (Å²) in [4.78, 5) is 12.7. The number of hydrogen-bond acceptors (Lipinski definition) is 5. The Bertz CT molecular complexity index is 579. The zero-order chi connectivity index (χ0) is 15.2. The quantitative estimate of drug-likeness (QED) is 0.797. The molecule has 0 saturated carbocycles. The predicted molar refractivity (Wildman–Crippen MR) is 89.9 cm³/mol. The smallest absolute Gasteiger partial charge is 0.185 e. The van der Waals surface area contributed by atoms with Crippen molar-refractivity contribution in [2.24, 2.45) is 0 Å². The molecular formula is C16H24N4S. The van der Waals surface area contributed by atoms with Crippen molar-refractivity contribution in [2.75, 3.05) is 18.5 Å². The molecule has 2 aromatic rings. The van der Waals surface area contributed by atoms with Crippen molar-refractivity contribution >= 4 is 16.5 Å². The van der Waals surface area contributed by atoms with Crippen molar-refractivity contribution in [3.8, 4) is 0 Å². The molecule has 4 nitrogen and oxygen atoms in total.